The lowest BCUT2D eigenvalue weighted by atomic mass is 9.53. The molecule has 0 unspecified atom stereocenters. The maximum absolute atomic E-state index is 11.0. The van der Waals surface area contributed by atoms with Gasteiger partial charge >= 0.3 is 0 Å². The lowest BCUT2D eigenvalue weighted by Gasteiger charge is -2.61. The number of aromatic hydroxyl groups is 1. The van der Waals surface area contributed by atoms with Crippen molar-refractivity contribution in [3.05, 3.63) is 35.4 Å². The Morgan fingerprint density at radius 1 is 1.35 bits per heavy atom. The summed E-state index contributed by atoms with van der Waals surface area (Å²) >= 11 is 9.33. The molecule has 122 valence electrons. The number of nitrogens with zero attached hydrogens (tertiary/aromatic N) is 1. The molecule has 2 bridgehead atoms. The highest BCUT2D eigenvalue weighted by atomic mass is 32.1. The molecular weight excluding hydrogens is 330 g/mol. The van der Waals surface area contributed by atoms with E-state index in [9.17, 15) is 10.2 Å². The van der Waals surface area contributed by atoms with Crippen molar-refractivity contribution in [2.75, 3.05) is 13.6 Å². The van der Waals surface area contributed by atoms with E-state index in [-0.39, 0.29) is 11.7 Å². The van der Waals surface area contributed by atoms with Crippen molar-refractivity contribution in [2.24, 2.45) is 5.92 Å². The second-order valence-electron chi connectivity index (χ2n) is 7.28. The monoisotopic (exact) mass is 349 g/mol. The molecule has 1 spiro atoms. The molecule has 2 aliphatic carbocycles. The number of ether oxygens (including phenoxy) is 1. The maximum atomic E-state index is 11.0. The Hall–Kier alpha value is -0.820. The number of rotatable bonds is 0. The lowest BCUT2D eigenvalue weighted by molar-refractivity contribution is -0.0776. The van der Waals surface area contributed by atoms with Gasteiger partial charge in [-0.15, -0.1) is 25.3 Å². The molecule has 1 aromatic rings. The average Bonchev–Trinajstić information content (AvgIpc) is 2.78. The quantitative estimate of drug-likeness (QED) is 0.327. The van der Waals surface area contributed by atoms with Crippen LogP contribution in [0.15, 0.2) is 24.3 Å². The summed E-state index contributed by atoms with van der Waals surface area (Å²) in [6.45, 7) is 0.902. The lowest BCUT2D eigenvalue weighted by Crippen LogP contribution is -2.71. The van der Waals surface area contributed by atoms with Gasteiger partial charge in [0.1, 0.15) is 0 Å². The minimum Gasteiger partial charge on any atom is -0.504 e. The Balaban J connectivity index is 1.90. The fourth-order valence-electron chi connectivity index (χ4n) is 5.31. The largest absolute Gasteiger partial charge is 0.504 e. The Morgan fingerprint density at radius 2 is 2.13 bits per heavy atom. The summed E-state index contributed by atoms with van der Waals surface area (Å²) in [5.41, 5.74) is 1.74. The predicted octanol–water partition coefficient (Wildman–Crippen LogP) is 1.71. The second kappa shape index (κ2) is 4.04. The molecule has 2 N–H and O–H groups in total. The third-order valence-electron chi connectivity index (χ3n) is 6.40. The van der Waals surface area contributed by atoms with Crippen LogP contribution in [0.3, 0.4) is 0 Å². The fourth-order valence-corrected chi connectivity index (χ4v) is 6.18. The Labute approximate surface area is 146 Å². The second-order valence-corrected chi connectivity index (χ2v) is 8.59. The summed E-state index contributed by atoms with van der Waals surface area (Å²) in [5.74, 6) is 0.768. The first-order valence-electron chi connectivity index (χ1n) is 7.93. The standard InChI is InChI=1S/C17H19NO3S2/c1-18-7-6-15-10-4-5-16(20,22)17(15,23)21-14-12(19)3-2-9(13(14)15)8-11(10)18/h2-5,10-11,19-20,22-23H,6-8H2,1H3/t10-,11+,15-,16+,17-/m0/s1. The SMILES string of the molecule is CN1CC[C@]23c4c5ccc(O)c4O[C@@]2(S)[C@](O)(S)C=C[C@H]3[C@H]1C5. The normalized spacial score (nSPS) is 46.4. The van der Waals surface area contributed by atoms with Gasteiger partial charge in [-0.05, 0) is 44.1 Å². The number of likely N-dealkylation sites (tertiary alicyclic amines) is 1. The van der Waals surface area contributed by atoms with Crippen molar-refractivity contribution < 1.29 is 14.9 Å². The van der Waals surface area contributed by atoms with Gasteiger partial charge in [-0.25, -0.2) is 0 Å². The first-order chi connectivity index (χ1) is 10.8. The molecule has 4 nitrogen and oxygen atoms in total. The smallest absolute Gasteiger partial charge is 0.203 e. The van der Waals surface area contributed by atoms with Gasteiger partial charge in [0.2, 0.25) is 4.93 Å². The van der Waals surface area contributed by atoms with Gasteiger partial charge in [-0.3, -0.25) is 0 Å². The number of phenolic OH excluding ortho intramolecular Hbond substituents is 1. The highest BCUT2D eigenvalue weighted by molar-refractivity contribution is 7.86. The molecule has 0 radical (unpaired) electrons. The van der Waals surface area contributed by atoms with Crippen LogP contribution in [0.5, 0.6) is 11.5 Å². The molecule has 4 aliphatic rings. The van der Waals surface area contributed by atoms with Gasteiger partial charge in [0.15, 0.2) is 16.4 Å². The summed E-state index contributed by atoms with van der Waals surface area (Å²) in [7, 11) is 2.15. The maximum Gasteiger partial charge on any atom is 0.203 e. The molecule has 1 fully saturated rings. The van der Waals surface area contributed by atoms with Crippen LogP contribution in [-0.2, 0) is 11.8 Å². The number of benzene rings is 1. The minimum absolute atomic E-state index is 0.112. The molecule has 1 aromatic carbocycles. The number of likely N-dealkylation sites (N-methyl/N-ethyl adjacent to an activating group) is 1. The van der Waals surface area contributed by atoms with Gasteiger partial charge in [0.05, 0.1) is 5.41 Å². The van der Waals surface area contributed by atoms with Gasteiger partial charge in [-0.1, -0.05) is 12.1 Å². The highest BCUT2D eigenvalue weighted by Gasteiger charge is 2.74. The summed E-state index contributed by atoms with van der Waals surface area (Å²) in [6, 6.07) is 4.00. The summed E-state index contributed by atoms with van der Waals surface area (Å²) in [4.78, 5) is -0.323. The topological polar surface area (TPSA) is 52.9 Å². The zero-order chi connectivity index (χ0) is 16.2. The Morgan fingerprint density at radius 3 is 2.91 bits per heavy atom. The van der Waals surface area contributed by atoms with Crippen LogP contribution in [0.1, 0.15) is 17.5 Å². The molecule has 2 aliphatic heterocycles. The number of hydrogen-bond donors (Lipinski definition) is 4. The van der Waals surface area contributed by atoms with E-state index >= 15 is 0 Å². The zero-order valence-electron chi connectivity index (χ0n) is 12.7. The van der Waals surface area contributed by atoms with Crippen LogP contribution >= 0.6 is 25.3 Å². The van der Waals surface area contributed by atoms with Crippen LogP contribution in [-0.4, -0.2) is 44.6 Å². The molecule has 23 heavy (non-hydrogen) atoms. The van der Waals surface area contributed by atoms with Gasteiger partial charge in [0.25, 0.3) is 0 Å². The van der Waals surface area contributed by atoms with E-state index in [1.54, 1.807) is 12.1 Å². The third kappa shape index (κ3) is 1.38. The van der Waals surface area contributed by atoms with Crippen LogP contribution in [0, 0.1) is 5.92 Å². The number of aliphatic hydroxyl groups is 1. The average molecular weight is 349 g/mol. The number of piperidine rings is 1. The van der Waals surface area contributed by atoms with E-state index in [2.05, 4.69) is 30.7 Å². The molecule has 0 amide bonds. The van der Waals surface area contributed by atoms with Crippen molar-refractivity contribution in [3.8, 4) is 11.5 Å². The predicted molar refractivity (Wildman–Crippen MR) is 93.4 cm³/mol. The number of phenols is 1. The molecule has 5 atom stereocenters. The van der Waals surface area contributed by atoms with Crippen LogP contribution in [0.4, 0.5) is 0 Å². The first kappa shape index (κ1) is 14.5. The van der Waals surface area contributed by atoms with E-state index in [1.165, 1.54) is 5.56 Å². The molecule has 1 saturated heterocycles. The molecule has 5 rings (SSSR count). The first-order valence-corrected chi connectivity index (χ1v) is 8.82. The van der Waals surface area contributed by atoms with E-state index in [1.807, 2.05) is 6.07 Å². The third-order valence-corrected chi connectivity index (χ3v) is 7.87. The zero-order valence-corrected chi connectivity index (χ0v) is 14.5. The summed E-state index contributed by atoms with van der Waals surface area (Å²) in [6.07, 6.45) is 5.50. The van der Waals surface area contributed by atoms with Gasteiger partial charge < -0.3 is 19.8 Å². The van der Waals surface area contributed by atoms with E-state index in [4.69, 9.17) is 17.4 Å². The van der Waals surface area contributed by atoms with Crippen molar-refractivity contribution >= 4 is 25.3 Å². The molecular formula is C17H19NO3S2. The van der Waals surface area contributed by atoms with Gasteiger partial charge in [-0.2, -0.15) is 0 Å². The fraction of sp³-hybridized carbons (Fsp3) is 0.529. The van der Waals surface area contributed by atoms with E-state index in [0.717, 1.165) is 24.9 Å². The van der Waals surface area contributed by atoms with Crippen molar-refractivity contribution in [3.63, 3.8) is 0 Å². The number of hydrogen-bond acceptors (Lipinski definition) is 6. The molecule has 0 aromatic heterocycles. The summed E-state index contributed by atoms with van der Waals surface area (Å²) in [5, 5.41) is 21.3. The Bertz CT molecular complexity index is 764. The van der Waals surface area contributed by atoms with E-state index < -0.39 is 15.3 Å². The molecule has 0 saturated carbocycles. The highest BCUT2D eigenvalue weighted by Crippen LogP contribution is 2.69. The molecule has 2 heterocycles. The Kier molecular flexibility index (Phi) is 2.55. The van der Waals surface area contributed by atoms with E-state index in [0.29, 0.717) is 11.8 Å². The summed E-state index contributed by atoms with van der Waals surface area (Å²) < 4.78 is 6.17. The van der Waals surface area contributed by atoms with Crippen LogP contribution in [0.25, 0.3) is 0 Å². The van der Waals surface area contributed by atoms with Crippen molar-refractivity contribution in [2.45, 2.75) is 34.2 Å². The van der Waals surface area contributed by atoms with Crippen molar-refractivity contribution in [1.82, 2.24) is 4.90 Å². The number of thiol groups is 2. The molecule has 6 heteroatoms. The van der Waals surface area contributed by atoms with Crippen molar-refractivity contribution in [1.29, 1.82) is 0 Å². The van der Waals surface area contributed by atoms with Crippen LogP contribution < -0.4 is 4.74 Å². The van der Waals surface area contributed by atoms with Crippen LogP contribution in [0.2, 0.25) is 0 Å². The minimum atomic E-state index is -1.51. The van der Waals surface area contributed by atoms with Gasteiger partial charge in [0, 0.05) is 17.5 Å².